The van der Waals surface area contributed by atoms with E-state index in [-0.39, 0.29) is 18.3 Å². The van der Waals surface area contributed by atoms with Gasteiger partial charge in [-0.05, 0) is 42.9 Å². The van der Waals surface area contributed by atoms with E-state index in [1.165, 1.54) is 4.31 Å². The Morgan fingerprint density at radius 1 is 1.11 bits per heavy atom. The van der Waals surface area contributed by atoms with Crippen molar-refractivity contribution in [1.29, 1.82) is 0 Å². The molecule has 1 atom stereocenters. The number of carbonyl (C=O) groups is 1. The highest BCUT2D eigenvalue weighted by molar-refractivity contribution is 7.89. The van der Waals surface area contributed by atoms with Gasteiger partial charge in [0.15, 0.2) is 0 Å². The molecule has 1 aliphatic carbocycles. The van der Waals surface area contributed by atoms with E-state index < -0.39 is 15.6 Å². The molecular weight excluding hydrogens is 398 g/mol. The summed E-state index contributed by atoms with van der Waals surface area (Å²) in [5.74, 6) is 0.394. The largest absolute Gasteiger partial charge is 0.338 e. The van der Waals surface area contributed by atoms with Crippen LogP contribution in [0.15, 0.2) is 29.2 Å². The molecule has 0 spiro atoms. The predicted octanol–water partition coefficient (Wildman–Crippen LogP) is 2.73. The van der Waals surface area contributed by atoms with Gasteiger partial charge in [0.25, 0.3) is 0 Å². The summed E-state index contributed by atoms with van der Waals surface area (Å²) in [5.41, 5.74) is 6.68. The van der Waals surface area contributed by atoms with E-state index in [4.69, 9.17) is 5.73 Å². The third kappa shape index (κ3) is 4.53. The maximum atomic E-state index is 12.9. The van der Waals surface area contributed by atoms with Crippen LogP contribution in [0.25, 0.3) is 0 Å². The number of amides is 1. The second-order valence-corrected chi connectivity index (χ2v) is 9.88. The normalized spacial score (nSPS) is 21.2. The number of sulfonamides is 1. The van der Waals surface area contributed by atoms with Crippen LogP contribution in [-0.4, -0.2) is 55.2 Å². The fourth-order valence-electron chi connectivity index (χ4n) is 4.02. The van der Waals surface area contributed by atoms with E-state index in [2.05, 4.69) is 13.8 Å². The highest BCUT2D eigenvalue weighted by atomic mass is 35.5. The number of hydrogen-bond acceptors (Lipinski definition) is 4. The number of carbonyl (C=O) groups excluding carboxylic acids is 1. The average Bonchev–Trinajstić information content (AvgIpc) is 3.14. The Hall–Kier alpha value is -1.15. The van der Waals surface area contributed by atoms with Gasteiger partial charge in [-0.15, -0.1) is 12.4 Å². The van der Waals surface area contributed by atoms with Crippen molar-refractivity contribution in [3.8, 4) is 0 Å². The van der Waals surface area contributed by atoms with Crippen LogP contribution in [0.4, 0.5) is 0 Å². The number of benzene rings is 1. The minimum Gasteiger partial charge on any atom is -0.338 e. The Balaban J connectivity index is 0.00000280. The van der Waals surface area contributed by atoms with Gasteiger partial charge in [0, 0.05) is 26.2 Å². The van der Waals surface area contributed by atoms with E-state index in [9.17, 15) is 13.2 Å². The summed E-state index contributed by atoms with van der Waals surface area (Å²) in [6.07, 6.45) is 4.46. The van der Waals surface area contributed by atoms with E-state index in [0.717, 1.165) is 37.7 Å². The highest BCUT2D eigenvalue weighted by Gasteiger charge is 2.41. The first-order valence-corrected chi connectivity index (χ1v) is 11.4. The molecule has 28 heavy (non-hydrogen) atoms. The number of piperazine rings is 1. The molecule has 2 N–H and O–H groups in total. The van der Waals surface area contributed by atoms with Crippen molar-refractivity contribution in [3.63, 3.8) is 0 Å². The molecule has 8 heteroatoms. The van der Waals surface area contributed by atoms with Crippen LogP contribution in [0.3, 0.4) is 0 Å². The van der Waals surface area contributed by atoms with Crippen LogP contribution in [0.5, 0.6) is 0 Å². The summed E-state index contributed by atoms with van der Waals surface area (Å²) >= 11 is 0. The Bertz CT molecular complexity index is 768. The van der Waals surface area contributed by atoms with Gasteiger partial charge in [0.2, 0.25) is 15.9 Å². The van der Waals surface area contributed by atoms with Crippen LogP contribution in [-0.2, 0) is 14.8 Å². The van der Waals surface area contributed by atoms with Crippen molar-refractivity contribution < 1.29 is 13.2 Å². The van der Waals surface area contributed by atoms with Gasteiger partial charge in [-0.25, -0.2) is 8.42 Å². The quantitative estimate of drug-likeness (QED) is 0.779. The molecule has 0 radical (unpaired) electrons. The first kappa shape index (κ1) is 23.1. The van der Waals surface area contributed by atoms with Gasteiger partial charge >= 0.3 is 0 Å². The zero-order valence-corrected chi connectivity index (χ0v) is 18.4. The third-order valence-electron chi connectivity index (χ3n) is 6.15. The van der Waals surface area contributed by atoms with Gasteiger partial charge in [-0.2, -0.15) is 4.31 Å². The van der Waals surface area contributed by atoms with Crippen LogP contribution in [0.2, 0.25) is 0 Å². The number of rotatable bonds is 5. The maximum absolute atomic E-state index is 12.9. The SMILES string of the molecule is CCC(C)c1ccc(S(=O)(=O)N2CCN(C(=O)C3(N)CCCC3)CC2)cc1.Cl. The number of nitrogens with two attached hydrogens (primary N) is 1. The Labute approximate surface area is 174 Å². The molecule has 1 saturated carbocycles. The molecule has 1 saturated heterocycles. The molecule has 1 aliphatic heterocycles. The Morgan fingerprint density at radius 2 is 1.64 bits per heavy atom. The molecule has 1 aromatic carbocycles. The lowest BCUT2D eigenvalue weighted by Gasteiger charge is -2.37. The predicted molar refractivity (Wildman–Crippen MR) is 113 cm³/mol. The fourth-order valence-corrected chi connectivity index (χ4v) is 5.44. The molecule has 6 nitrogen and oxygen atoms in total. The van der Waals surface area contributed by atoms with E-state index in [1.54, 1.807) is 17.0 Å². The molecule has 3 rings (SSSR count). The Morgan fingerprint density at radius 3 is 2.14 bits per heavy atom. The second-order valence-electron chi connectivity index (χ2n) is 7.94. The van der Waals surface area contributed by atoms with Crippen molar-refractivity contribution in [1.82, 2.24) is 9.21 Å². The van der Waals surface area contributed by atoms with Gasteiger partial charge < -0.3 is 10.6 Å². The summed E-state index contributed by atoms with van der Waals surface area (Å²) in [6.45, 7) is 5.69. The Kier molecular flexibility index (Phi) is 7.53. The zero-order valence-electron chi connectivity index (χ0n) is 16.8. The monoisotopic (exact) mass is 429 g/mol. The molecule has 2 aliphatic rings. The molecule has 1 heterocycles. The number of nitrogens with zero attached hydrogens (tertiary/aromatic N) is 2. The molecular formula is C20H32ClN3O3S. The van der Waals surface area contributed by atoms with Gasteiger partial charge in [-0.1, -0.05) is 38.8 Å². The highest BCUT2D eigenvalue weighted by Crippen LogP contribution is 2.30. The molecule has 2 fully saturated rings. The summed E-state index contributed by atoms with van der Waals surface area (Å²) in [7, 11) is -3.53. The summed E-state index contributed by atoms with van der Waals surface area (Å²) in [6, 6.07) is 7.20. The minimum absolute atomic E-state index is 0. The average molecular weight is 430 g/mol. The van der Waals surface area contributed by atoms with Crippen LogP contribution < -0.4 is 5.73 Å². The second kappa shape index (κ2) is 9.11. The molecule has 1 amide bonds. The first-order chi connectivity index (χ1) is 12.8. The standard InChI is InChI=1S/C20H31N3O3S.ClH/c1-3-16(2)17-6-8-18(9-7-17)27(25,26)23-14-12-22(13-15-23)19(24)20(21)10-4-5-11-20;/h6-9,16H,3-5,10-15,21H2,1-2H3;1H. The summed E-state index contributed by atoms with van der Waals surface area (Å²) in [4.78, 5) is 14.8. The van der Waals surface area contributed by atoms with Gasteiger partial charge in [-0.3, -0.25) is 4.79 Å². The zero-order chi connectivity index (χ0) is 19.7. The lowest BCUT2D eigenvalue weighted by molar-refractivity contribution is -0.138. The number of halogens is 1. The summed E-state index contributed by atoms with van der Waals surface area (Å²) < 4.78 is 27.3. The third-order valence-corrected chi connectivity index (χ3v) is 8.06. The fraction of sp³-hybridized carbons (Fsp3) is 0.650. The maximum Gasteiger partial charge on any atom is 0.243 e. The van der Waals surface area contributed by atoms with E-state index >= 15 is 0 Å². The van der Waals surface area contributed by atoms with Crippen molar-refractivity contribution in [2.75, 3.05) is 26.2 Å². The summed E-state index contributed by atoms with van der Waals surface area (Å²) in [5, 5.41) is 0. The lowest BCUT2D eigenvalue weighted by Crippen LogP contribution is -2.59. The van der Waals surface area contributed by atoms with Crippen LogP contribution in [0.1, 0.15) is 57.4 Å². The van der Waals surface area contributed by atoms with Gasteiger partial charge in [0.1, 0.15) is 0 Å². The molecule has 1 aromatic rings. The number of hydrogen-bond donors (Lipinski definition) is 1. The smallest absolute Gasteiger partial charge is 0.243 e. The van der Waals surface area contributed by atoms with Gasteiger partial charge in [0.05, 0.1) is 10.4 Å². The van der Waals surface area contributed by atoms with Crippen molar-refractivity contribution in [3.05, 3.63) is 29.8 Å². The van der Waals surface area contributed by atoms with E-state index in [0.29, 0.717) is 37.0 Å². The van der Waals surface area contributed by atoms with Crippen molar-refractivity contribution >= 4 is 28.3 Å². The van der Waals surface area contributed by atoms with E-state index in [1.807, 2.05) is 12.1 Å². The van der Waals surface area contributed by atoms with Crippen molar-refractivity contribution in [2.45, 2.75) is 62.3 Å². The first-order valence-electron chi connectivity index (χ1n) is 9.96. The molecule has 158 valence electrons. The minimum atomic E-state index is -3.53. The van der Waals surface area contributed by atoms with Crippen LogP contribution in [0, 0.1) is 0 Å². The molecule has 1 unspecified atom stereocenters. The van der Waals surface area contributed by atoms with Crippen molar-refractivity contribution in [2.24, 2.45) is 5.73 Å². The lowest BCUT2D eigenvalue weighted by atomic mass is 9.97. The molecule has 0 aromatic heterocycles. The molecule has 0 bridgehead atoms. The van der Waals surface area contributed by atoms with Crippen LogP contribution >= 0.6 is 12.4 Å². The topological polar surface area (TPSA) is 83.7 Å².